The van der Waals surface area contributed by atoms with Crippen molar-refractivity contribution in [2.24, 2.45) is 0 Å². The van der Waals surface area contributed by atoms with Crippen molar-refractivity contribution in [3.05, 3.63) is 87.3 Å². The summed E-state index contributed by atoms with van der Waals surface area (Å²) >= 11 is 15.1. The van der Waals surface area contributed by atoms with Crippen LogP contribution in [-0.2, 0) is 4.57 Å². The van der Waals surface area contributed by atoms with Gasteiger partial charge in [-0.1, -0.05) is 39.1 Å². The van der Waals surface area contributed by atoms with Gasteiger partial charge in [0.05, 0.1) is 0 Å². The highest BCUT2D eigenvalue weighted by molar-refractivity contribution is 9.10. The minimum Gasteiger partial charge on any atom is -0.400 e. The molecule has 3 aromatic rings. The van der Waals surface area contributed by atoms with E-state index in [1.54, 1.807) is 60.7 Å². The summed E-state index contributed by atoms with van der Waals surface area (Å²) in [7, 11) is -3.78. The molecule has 0 aliphatic heterocycles. The van der Waals surface area contributed by atoms with Crippen molar-refractivity contribution in [1.82, 2.24) is 0 Å². The molecule has 0 radical (unpaired) electrons. The maximum absolute atomic E-state index is 13.3. The minimum absolute atomic E-state index is 0.358. The van der Waals surface area contributed by atoms with Crippen LogP contribution in [0.2, 0.25) is 10.0 Å². The third-order valence-electron chi connectivity index (χ3n) is 3.19. The van der Waals surface area contributed by atoms with Crippen LogP contribution in [0.25, 0.3) is 0 Å². The Hall–Kier alpha value is -1.65. The van der Waals surface area contributed by atoms with Crippen molar-refractivity contribution in [3.8, 4) is 11.5 Å². The van der Waals surface area contributed by atoms with Gasteiger partial charge in [-0.3, -0.25) is 5.09 Å². The van der Waals surface area contributed by atoms with Crippen LogP contribution in [0.1, 0.15) is 0 Å². The standard InChI is InChI=1S/C18H13BrCl2NO3P/c19-13-1-7-16(8-2-13)22-26(23,24-17-9-3-14(20)4-10-17)25-18-11-5-15(21)6-12-18/h1-12H,(H,22,23). The minimum atomic E-state index is -3.78. The molecular formula is C18H13BrCl2NO3P. The highest BCUT2D eigenvalue weighted by Crippen LogP contribution is 2.48. The van der Waals surface area contributed by atoms with E-state index in [1.165, 1.54) is 0 Å². The van der Waals surface area contributed by atoms with Gasteiger partial charge < -0.3 is 9.05 Å². The molecule has 4 nitrogen and oxygen atoms in total. The van der Waals surface area contributed by atoms with E-state index in [2.05, 4.69) is 21.0 Å². The molecule has 3 aromatic carbocycles. The third-order valence-corrected chi connectivity index (χ3v) is 5.66. The van der Waals surface area contributed by atoms with Gasteiger partial charge in [0.25, 0.3) is 0 Å². The van der Waals surface area contributed by atoms with Crippen LogP contribution in [0.3, 0.4) is 0 Å². The Bertz CT molecular complexity index is 796. The lowest BCUT2D eigenvalue weighted by atomic mass is 10.3. The quantitative estimate of drug-likeness (QED) is 0.379. The molecule has 0 heterocycles. The molecule has 0 bridgehead atoms. The maximum atomic E-state index is 13.3. The molecule has 1 N–H and O–H groups in total. The molecular weight excluding hydrogens is 460 g/mol. The number of anilines is 1. The van der Waals surface area contributed by atoms with E-state index >= 15 is 0 Å². The average Bonchev–Trinajstić information content (AvgIpc) is 2.61. The second-order valence-electron chi connectivity index (χ2n) is 5.21. The summed E-state index contributed by atoms with van der Waals surface area (Å²) in [5.74, 6) is 0.715. The van der Waals surface area contributed by atoms with E-state index in [9.17, 15) is 4.57 Å². The monoisotopic (exact) mass is 471 g/mol. The third kappa shape index (κ3) is 5.42. The van der Waals surface area contributed by atoms with Crippen molar-refractivity contribution in [1.29, 1.82) is 0 Å². The van der Waals surface area contributed by atoms with Gasteiger partial charge in [-0.15, -0.1) is 0 Å². The summed E-state index contributed by atoms with van der Waals surface area (Å²) in [6.45, 7) is 0. The number of nitrogens with one attached hydrogen (secondary N) is 1. The summed E-state index contributed by atoms with van der Waals surface area (Å²) in [5, 5.41) is 3.93. The van der Waals surface area contributed by atoms with Crippen molar-refractivity contribution in [2.75, 3.05) is 5.09 Å². The highest BCUT2D eigenvalue weighted by atomic mass is 79.9. The van der Waals surface area contributed by atoms with E-state index < -0.39 is 7.75 Å². The van der Waals surface area contributed by atoms with Gasteiger partial charge in [0, 0.05) is 20.2 Å². The zero-order chi connectivity index (χ0) is 18.6. The largest absolute Gasteiger partial charge is 0.541 e. The predicted molar refractivity (Wildman–Crippen MR) is 110 cm³/mol. The number of benzene rings is 3. The molecule has 134 valence electrons. The lowest BCUT2D eigenvalue weighted by Gasteiger charge is -2.21. The van der Waals surface area contributed by atoms with E-state index in [0.717, 1.165) is 4.47 Å². The van der Waals surface area contributed by atoms with E-state index in [4.69, 9.17) is 32.2 Å². The zero-order valence-corrected chi connectivity index (χ0v) is 17.2. The van der Waals surface area contributed by atoms with E-state index in [0.29, 0.717) is 27.2 Å². The first-order valence-electron chi connectivity index (χ1n) is 7.46. The number of rotatable bonds is 6. The Morgan fingerprint density at radius 2 is 1.15 bits per heavy atom. The van der Waals surface area contributed by atoms with Crippen LogP contribution >= 0.6 is 46.9 Å². The van der Waals surface area contributed by atoms with Gasteiger partial charge >= 0.3 is 7.75 Å². The number of hydrogen-bond acceptors (Lipinski definition) is 3. The smallest absolute Gasteiger partial charge is 0.400 e. The Morgan fingerprint density at radius 1 is 0.731 bits per heavy atom. The molecule has 0 aromatic heterocycles. The SMILES string of the molecule is O=P(Nc1ccc(Br)cc1)(Oc1ccc(Cl)cc1)Oc1ccc(Cl)cc1. The van der Waals surface area contributed by atoms with Crippen molar-refractivity contribution in [2.45, 2.75) is 0 Å². The molecule has 0 fully saturated rings. The second kappa shape index (κ2) is 8.36. The fourth-order valence-corrected chi connectivity index (χ4v) is 3.92. The second-order valence-corrected chi connectivity index (χ2v) is 8.58. The van der Waals surface area contributed by atoms with E-state index in [-0.39, 0.29) is 0 Å². The first-order chi connectivity index (χ1) is 12.4. The Kier molecular flexibility index (Phi) is 6.15. The van der Waals surface area contributed by atoms with Gasteiger partial charge in [0.15, 0.2) is 0 Å². The first-order valence-corrected chi connectivity index (χ1v) is 10.6. The summed E-state index contributed by atoms with van der Waals surface area (Å²) in [4.78, 5) is 0. The maximum Gasteiger partial charge on any atom is 0.541 e. The van der Waals surface area contributed by atoms with Crippen LogP contribution in [-0.4, -0.2) is 0 Å². The molecule has 0 saturated heterocycles. The fourth-order valence-electron chi connectivity index (χ4n) is 2.02. The number of halogens is 3. The molecule has 0 spiro atoms. The van der Waals surface area contributed by atoms with Crippen LogP contribution < -0.4 is 14.1 Å². The molecule has 0 atom stereocenters. The average molecular weight is 473 g/mol. The van der Waals surface area contributed by atoms with Gasteiger partial charge in [0.2, 0.25) is 0 Å². The normalized spacial score (nSPS) is 11.0. The molecule has 0 saturated carbocycles. The molecule has 8 heteroatoms. The Balaban J connectivity index is 1.88. The van der Waals surface area contributed by atoms with Crippen LogP contribution in [0.15, 0.2) is 77.3 Å². The molecule has 3 rings (SSSR count). The summed E-state index contributed by atoms with van der Waals surface area (Å²) in [6.07, 6.45) is 0. The first kappa shape index (κ1) is 19.1. The van der Waals surface area contributed by atoms with Crippen LogP contribution in [0.4, 0.5) is 5.69 Å². The summed E-state index contributed by atoms with van der Waals surface area (Å²) in [5.41, 5.74) is 0.583. The zero-order valence-electron chi connectivity index (χ0n) is 13.2. The molecule has 26 heavy (non-hydrogen) atoms. The van der Waals surface area contributed by atoms with Crippen molar-refractivity contribution in [3.63, 3.8) is 0 Å². The van der Waals surface area contributed by atoms with Crippen molar-refractivity contribution < 1.29 is 13.6 Å². The molecule has 0 aliphatic rings. The van der Waals surface area contributed by atoms with Gasteiger partial charge in [-0.25, -0.2) is 4.57 Å². The van der Waals surface area contributed by atoms with Gasteiger partial charge in [0.1, 0.15) is 11.5 Å². The molecule has 0 amide bonds. The lowest BCUT2D eigenvalue weighted by molar-refractivity contribution is 0.393. The van der Waals surface area contributed by atoms with E-state index in [1.807, 2.05) is 12.1 Å². The van der Waals surface area contributed by atoms with Gasteiger partial charge in [-0.2, -0.15) is 0 Å². The molecule has 0 aliphatic carbocycles. The van der Waals surface area contributed by atoms with Crippen molar-refractivity contribution >= 4 is 52.6 Å². The summed E-state index contributed by atoms with van der Waals surface area (Å²) < 4.78 is 25.5. The molecule has 0 unspecified atom stereocenters. The predicted octanol–water partition coefficient (Wildman–Crippen LogP) is 7.43. The fraction of sp³-hybridized carbons (Fsp3) is 0. The topological polar surface area (TPSA) is 47.6 Å². The van der Waals surface area contributed by atoms with Gasteiger partial charge in [-0.05, 0) is 72.8 Å². The highest BCUT2D eigenvalue weighted by Gasteiger charge is 2.29. The summed E-state index contributed by atoms with van der Waals surface area (Å²) in [6, 6.07) is 20.2. The lowest BCUT2D eigenvalue weighted by Crippen LogP contribution is -2.09. The Morgan fingerprint density at radius 3 is 1.58 bits per heavy atom. The number of hydrogen-bond donors (Lipinski definition) is 1. The van der Waals surface area contributed by atoms with Crippen LogP contribution in [0.5, 0.6) is 11.5 Å². The van der Waals surface area contributed by atoms with Crippen LogP contribution in [0, 0.1) is 0 Å². The Labute approximate surface area is 169 Å².